The first-order chi connectivity index (χ1) is 9.28. The molecule has 1 aromatic rings. The third-order valence-corrected chi connectivity index (χ3v) is 3.14. The fourth-order valence-electron chi connectivity index (χ4n) is 1.88. The monoisotopic (exact) mass is 300 g/mol. The topological polar surface area (TPSA) is 92.5 Å². The van der Waals surface area contributed by atoms with Gasteiger partial charge in [0.2, 0.25) is 0 Å². The van der Waals surface area contributed by atoms with E-state index >= 15 is 0 Å². The summed E-state index contributed by atoms with van der Waals surface area (Å²) in [6.07, 6.45) is 1.28. The van der Waals surface area contributed by atoms with Crippen LogP contribution >= 0.6 is 11.6 Å². The molecular formula is C13H17ClN2O4. The van der Waals surface area contributed by atoms with Crippen LogP contribution in [0, 0.1) is 10.1 Å². The first kappa shape index (κ1) is 16.4. The summed E-state index contributed by atoms with van der Waals surface area (Å²) < 4.78 is 0. The quantitative estimate of drug-likeness (QED) is 0.623. The van der Waals surface area contributed by atoms with E-state index in [1.165, 1.54) is 18.2 Å². The molecule has 1 amide bonds. The molecule has 0 aliphatic heterocycles. The lowest BCUT2D eigenvalue weighted by atomic mass is 10.0. The van der Waals surface area contributed by atoms with E-state index < -0.39 is 22.1 Å². The Balaban J connectivity index is 2.89. The van der Waals surface area contributed by atoms with Gasteiger partial charge in [0.15, 0.2) is 0 Å². The van der Waals surface area contributed by atoms with Crippen LogP contribution in [-0.2, 0) is 0 Å². The van der Waals surface area contributed by atoms with Crippen molar-refractivity contribution in [3.63, 3.8) is 0 Å². The number of para-hydroxylation sites is 1. The van der Waals surface area contributed by atoms with E-state index in [2.05, 4.69) is 5.32 Å². The lowest BCUT2D eigenvalue weighted by molar-refractivity contribution is -0.385. The molecule has 1 unspecified atom stereocenters. The molecule has 7 heteroatoms. The minimum Gasteiger partial charge on any atom is -0.388 e. The Labute approximate surface area is 121 Å². The number of rotatable bonds is 6. The third kappa shape index (κ3) is 4.18. The average molecular weight is 301 g/mol. The fraction of sp³-hybridized carbons (Fsp3) is 0.462. The number of hydrogen-bond donors (Lipinski definition) is 2. The zero-order valence-corrected chi connectivity index (χ0v) is 12.1. The van der Waals surface area contributed by atoms with Gasteiger partial charge < -0.3 is 10.4 Å². The number of nitro groups is 1. The zero-order valence-electron chi connectivity index (χ0n) is 11.4. The fourth-order valence-corrected chi connectivity index (χ4v) is 2.12. The normalized spacial score (nSPS) is 13.6. The maximum absolute atomic E-state index is 12.0. The van der Waals surface area contributed by atoms with Crippen molar-refractivity contribution in [3.05, 3.63) is 38.9 Å². The molecular weight excluding hydrogens is 284 g/mol. The highest BCUT2D eigenvalue weighted by atomic mass is 35.5. The minimum absolute atomic E-state index is 0.0172. The van der Waals surface area contributed by atoms with Gasteiger partial charge in [-0.2, -0.15) is 0 Å². The molecule has 0 heterocycles. The maximum Gasteiger partial charge on any atom is 0.300 e. The molecule has 1 rings (SSSR count). The van der Waals surface area contributed by atoms with Crippen LogP contribution in [0.3, 0.4) is 0 Å². The lowest BCUT2D eigenvalue weighted by Crippen LogP contribution is -2.40. The Kier molecular flexibility index (Phi) is 5.47. The number of hydrogen-bond acceptors (Lipinski definition) is 4. The third-order valence-electron chi connectivity index (χ3n) is 2.83. The molecule has 1 atom stereocenters. The molecule has 0 aromatic heterocycles. The summed E-state index contributed by atoms with van der Waals surface area (Å²) in [6.45, 7) is 3.53. The summed E-state index contributed by atoms with van der Waals surface area (Å²) in [5.74, 6) is -0.629. The van der Waals surface area contributed by atoms with Gasteiger partial charge in [0.25, 0.3) is 5.91 Å². The Morgan fingerprint density at radius 1 is 1.55 bits per heavy atom. The second kappa shape index (κ2) is 6.67. The SMILES string of the molecule is CCCC(C)(O)CNC(=O)c1cccc(Cl)c1[N+](=O)[O-]. The summed E-state index contributed by atoms with van der Waals surface area (Å²) in [7, 11) is 0. The Hall–Kier alpha value is -1.66. The van der Waals surface area contributed by atoms with Crippen LogP contribution in [0.5, 0.6) is 0 Å². The number of nitrogens with zero attached hydrogens (tertiary/aromatic N) is 1. The average Bonchev–Trinajstić information content (AvgIpc) is 2.35. The molecule has 0 saturated heterocycles. The molecule has 0 aliphatic carbocycles. The molecule has 2 N–H and O–H groups in total. The van der Waals surface area contributed by atoms with Crippen LogP contribution < -0.4 is 5.32 Å². The number of carbonyl (C=O) groups is 1. The first-order valence-corrected chi connectivity index (χ1v) is 6.60. The number of nitro benzene ring substituents is 1. The van der Waals surface area contributed by atoms with Crippen molar-refractivity contribution < 1.29 is 14.8 Å². The summed E-state index contributed by atoms with van der Waals surface area (Å²) in [5, 5.41) is 23.3. The van der Waals surface area contributed by atoms with Crippen LogP contribution in [0.1, 0.15) is 37.0 Å². The first-order valence-electron chi connectivity index (χ1n) is 6.22. The van der Waals surface area contributed by atoms with Gasteiger partial charge in [-0.05, 0) is 25.5 Å². The van der Waals surface area contributed by atoms with Crippen LogP contribution in [0.15, 0.2) is 18.2 Å². The lowest BCUT2D eigenvalue weighted by Gasteiger charge is -2.22. The number of carbonyl (C=O) groups excluding carboxylic acids is 1. The van der Waals surface area contributed by atoms with Crippen molar-refractivity contribution in [1.82, 2.24) is 5.32 Å². The standard InChI is InChI=1S/C13H17ClN2O4/c1-3-7-13(2,18)8-15-12(17)9-5-4-6-10(14)11(9)16(19)20/h4-6,18H,3,7-8H2,1-2H3,(H,15,17). The van der Waals surface area contributed by atoms with Crippen molar-refractivity contribution in [2.75, 3.05) is 6.54 Å². The number of nitrogens with one attached hydrogen (secondary N) is 1. The van der Waals surface area contributed by atoms with Gasteiger partial charge in [-0.1, -0.05) is 31.0 Å². The second-order valence-electron chi connectivity index (χ2n) is 4.82. The van der Waals surface area contributed by atoms with Gasteiger partial charge >= 0.3 is 5.69 Å². The smallest absolute Gasteiger partial charge is 0.300 e. The van der Waals surface area contributed by atoms with Crippen LogP contribution in [0.4, 0.5) is 5.69 Å². The largest absolute Gasteiger partial charge is 0.388 e. The maximum atomic E-state index is 12.0. The van der Waals surface area contributed by atoms with E-state index in [4.69, 9.17) is 11.6 Å². The van der Waals surface area contributed by atoms with Crippen LogP contribution in [-0.4, -0.2) is 28.1 Å². The molecule has 0 spiro atoms. The number of amides is 1. The van der Waals surface area contributed by atoms with Gasteiger partial charge in [-0.25, -0.2) is 0 Å². The Bertz CT molecular complexity index is 517. The predicted octanol–water partition coefficient (Wildman–Crippen LogP) is 2.53. The minimum atomic E-state index is -1.04. The molecule has 0 saturated carbocycles. The van der Waals surface area contributed by atoms with Crippen molar-refractivity contribution in [2.24, 2.45) is 0 Å². The van der Waals surface area contributed by atoms with E-state index in [-0.39, 0.29) is 17.1 Å². The highest BCUT2D eigenvalue weighted by Gasteiger charge is 2.26. The Morgan fingerprint density at radius 3 is 2.75 bits per heavy atom. The molecule has 110 valence electrons. The summed E-state index contributed by atoms with van der Waals surface area (Å²) >= 11 is 5.74. The van der Waals surface area contributed by atoms with E-state index in [1.807, 2.05) is 6.92 Å². The number of halogens is 1. The molecule has 0 radical (unpaired) electrons. The van der Waals surface area contributed by atoms with Gasteiger partial charge in [-0.3, -0.25) is 14.9 Å². The summed E-state index contributed by atoms with van der Waals surface area (Å²) in [4.78, 5) is 22.2. The van der Waals surface area contributed by atoms with E-state index in [9.17, 15) is 20.0 Å². The van der Waals surface area contributed by atoms with Crippen molar-refractivity contribution >= 4 is 23.2 Å². The second-order valence-corrected chi connectivity index (χ2v) is 5.23. The van der Waals surface area contributed by atoms with Gasteiger partial charge in [0, 0.05) is 6.54 Å². The Morgan fingerprint density at radius 2 is 2.20 bits per heavy atom. The molecule has 0 fully saturated rings. The molecule has 20 heavy (non-hydrogen) atoms. The molecule has 6 nitrogen and oxygen atoms in total. The zero-order chi connectivity index (χ0) is 15.3. The van der Waals surface area contributed by atoms with Gasteiger partial charge in [0.05, 0.1) is 10.5 Å². The highest BCUT2D eigenvalue weighted by molar-refractivity contribution is 6.33. The summed E-state index contributed by atoms with van der Waals surface area (Å²) in [6, 6.07) is 4.14. The molecule has 1 aromatic carbocycles. The van der Waals surface area contributed by atoms with E-state index in [1.54, 1.807) is 6.92 Å². The highest BCUT2D eigenvalue weighted by Crippen LogP contribution is 2.28. The van der Waals surface area contributed by atoms with Crippen molar-refractivity contribution in [1.29, 1.82) is 0 Å². The molecule has 0 aliphatic rings. The number of benzene rings is 1. The van der Waals surface area contributed by atoms with Crippen LogP contribution in [0.2, 0.25) is 5.02 Å². The van der Waals surface area contributed by atoms with E-state index in [0.29, 0.717) is 6.42 Å². The van der Waals surface area contributed by atoms with Crippen molar-refractivity contribution in [3.8, 4) is 0 Å². The number of aliphatic hydroxyl groups is 1. The molecule has 0 bridgehead atoms. The predicted molar refractivity (Wildman–Crippen MR) is 76.0 cm³/mol. The van der Waals surface area contributed by atoms with Crippen molar-refractivity contribution in [2.45, 2.75) is 32.3 Å². The summed E-state index contributed by atoms with van der Waals surface area (Å²) in [5.41, 5.74) is -1.59. The van der Waals surface area contributed by atoms with Gasteiger partial charge in [0.1, 0.15) is 10.6 Å². The van der Waals surface area contributed by atoms with Crippen LogP contribution in [0.25, 0.3) is 0 Å². The van der Waals surface area contributed by atoms with E-state index in [0.717, 1.165) is 6.42 Å². The van der Waals surface area contributed by atoms with Gasteiger partial charge in [-0.15, -0.1) is 0 Å².